The third-order valence-electron chi connectivity index (χ3n) is 7.79. The molecule has 3 fully saturated rings. The van der Waals surface area contributed by atoms with Gasteiger partial charge in [-0.25, -0.2) is 0 Å². The fourth-order valence-electron chi connectivity index (χ4n) is 5.26. The SMILES string of the molecule is COC(=O)C[C@@H]1C[C@@]2(CO2)[C@H](OC)[C@@H](C=CC(C)=CC[C@@H]2O[C@H](C)[C@H](NC(=O)C=C[C@H](C)OC)C[C@@H]2C)O1. The Kier molecular flexibility index (Phi) is 11.1. The first kappa shape index (κ1) is 30.5. The van der Waals surface area contributed by atoms with E-state index in [4.69, 9.17) is 28.4 Å². The van der Waals surface area contributed by atoms with Gasteiger partial charge in [0, 0.05) is 26.7 Å². The number of ether oxygens (including phenoxy) is 6. The molecule has 0 bridgehead atoms. The molecule has 3 aliphatic rings. The van der Waals surface area contributed by atoms with E-state index in [0.717, 1.165) is 18.4 Å². The summed E-state index contributed by atoms with van der Waals surface area (Å²) >= 11 is 0. The first-order valence-electron chi connectivity index (χ1n) is 13.5. The fraction of sp³-hybridized carbons (Fsp3) is 0.724. The van der Waals surface area contributed by atoms with Crippen LogP contribution in [0.15, 0.2) is 36.0 Å². The molecule has 0 radical (unpaired) electrons. The predicted molar refractivity (Wildman–Crippen MR) is 143 cm³/mol. The Morgan fingerprint density at radius 1 is 1.16 bits per heavy atom. The number of rotatable bonds is 11. The molecule has 9 atom stereocenters. The van der Waals surface area contributed by atoms with E-state index in [1.54, 1.807) is 20.3 Å². The molecule has 0 saturated carbocycles. The highest BCUT2D eigenvalue weighted by Gasteiger charge is 2.59. The Hall–Kier alpha value is -2.04. The lowest BCUT2D eigenvalue weighted by Gasteiger charge is -2.39. The molecule has 3 rings (SSSR count). The summed E-state index contributed by atoms with van der Waals surface area (Å²) in [5.74, 6) is -0.139. The molecule has 1 spiro atoms. The predicted octanol–water partition coefficient (Wildman–Crippen LogP) is 3.27. The molecule has 0 aromatic rings. The van der Waals surface area contributed by atoms with E-state index >= 15 is 0 Å². The number of allylic oxidation sites excluding steroid dienone is 2. The zero-order chi connectivity index (χ0) is 27.9. The molecule has 9 nitrogen and oxygen atoms in total. The van der Waals surface area contributed by atoms with Crippen molar-refractivity contribution in [2.75, 3.05) is 27.9 Å². The van der Waals surface area contributed by atoms with Gasteiger partial charge < -0.3 is 33.7 Å². The van der Waals surface area contributed by atoms with Crippen LogP contribution < -0.4 is 5.32 Å². The molecule has 0 aromatic heterocycles. The molecule has 0 aromatic carbocycles. The standard InChI is InChI=1S/C29H45NO8/c1-18(9-12-25-28(35-7)29(17-36-29)16-22(38-25)15-27(32)34-6)8-11-24-19(2)14-23(21(4)37-24)30-26(31)13-10-20(3)33-5/h8-10,12-13,19-25,28H,11,14-17H2,1-7H3,(H,30,31)/t19-,20-,21+,22+,23+,24-,25+,28+,29+/m0/s1. The molecule has 3 saturated heterocycles. The van der Waals surface area contributed by atoms with E-state index in [-0.39, 0.29) is 66.9 Å². The summed E-state index contributed by atoms with van der Waals surface area (Å²) in [6.45, 7) is 8.70. The van der Waals surface area contributed by atoms with Crippen molar-refractivity contribution in [3.05, 3.63) is 36.0 Å². The minimum Gasteiger partial charge on any atom is -0.469 e. The maximum absolute atomic E-state index is 12.3. The molecule has 9 heteroatoms. The highest BCUT2D eigenvalue weighted by atomic mass is 16.6. The van der Waals surface area contributed by atoms with Gasteiger partial charge in [0.05, 0.1) is 50.6 Å². The van der Waals surface area contributed by atoms with Crippen LogP contribution in [-0.4, -0.2) is 88.1 Å². The van der Waals surface area contributed by atoms with Crippen molar-refractivity contribution in [2.45, 2.75) is 102 Å². The molecule has 1 N–H and O–H groups in total. The fourth-order valence-corrected chi connectivity index (χ4v) is 5.26. The number of carbonyl (C=O) groups is 2. The normalized spacial score (nSPS) is 36.5. The van der Waals surface area contributed by atoms with Crippen LogP contribution in [0.1, 0.15) is 53.4 Å². The van der Waals surface area contributed by atoms with Crippen molar-refractivity contribution in [2.24, 2.45) is 5.92 Å². The van der Waals surface area contributed by atoms with Crippen LogP contribution >= 0.6 is 0 Å². The molecule has 1 amide bonds. The van der Waals surface area contributed by atoms with Gasteiger partial charge in [-0.1, -0.05) is 36.8 Å². The van der Waals surface area contributed by atoms with Crippen molar-refractivity contribution in [1.82, 2.24) is 5.32 Å². The summed E-state index contributed by atoms with van der Waals surface area (Å²) in [5.41, 5.74) is 0.685. The minimum atomic E-state index is -0.399. The monoisotopic (exact) mass is 535 g/mol. The zero-order valence-electron chi connectivity index (χ0n) is 23.8. The molecule has 38 heavy (non-hydrogen) atoms. The summed E-state index contributed by atoms with van der Waals surface area (Å²) in [7, 11) is 4.66. The minimum absolute atomic E-state index is 0.0365. The van der Waals surface area contributed by atoms with Crippen molar-refractivity contribution in [3.63, 3.8) is 0 Å². The Labute approximate surface area is 226 Å². The van der Waals surface area contributed by atoms with Crippen LogP contribution in [0.2, 0.25) is 0 Å². The summed E-state index contributed by atoms with van der Waals surface area (Å²) in [4.78, 5) is 24.1. The van der Waals surface area contributed by atoms with Crippen LogP contribution in [-0.2, 0) is 38.0 Å². The summed E-state index contributed by atoms with van der Waals surface area (Å²) < 4.78 is 34.0. The van der Waals surface area contributed by atoms with Crippen LogP contribution in [0, 0.1) is 5.92 Å². The van der Waals surface area contributed by atoms with Crippen molar-refractivity contribution < 1.29 is 38.0 Å². The lowest BCUT2D eigenvalue weighted by atomic mass is 9.87. The number of carbonyl (C=O) groups excluding carboxylic acids is 2. The Bertz CT molecular complexity index is 895. The topological polar surface area (TPSA) is 105 Å². The van der Waals surface area contributed by atoms with Crippen molar-refractivity contribution in [1.29, 1.82) is 0 Å². The maximum Gasteiger partial charge on any atom is 0.308 e. The smallest absolute Gasteiger partial charge is 0.308 e. The lowest BCUT2D eigenvalue weighted by molar-refractivity contribution is -0.162. The van der Waals surface area contributed by atoms with E-state index in [2.05, 4.69) is 18.3 Å². The van der Waals surface area contributed by atoms with Crippen LogP contribution in [0.5, 0.6) is 0 Å². The molecule has 214 valence electrons. The number of esters is 1. The van der Waals surface area contributed by atoms with Gasteiger partial charge >= 0.3 is 5.97 Å². The Morgan fingerprint density at radius 2 is 1.89 bits per heavy atom. The van der Waals surface area contributed by atoms with E-state index < -0.39 is 5.60 Å². The van der Waals surface area contributed by atoms with Gasteiger partial charge in [0.1, 0.15) is 17.8 Å². The largest absolute Gasteiger partial charge is 0.469 e. The maximum atomic E-state index is 12.3. The van der Waals surface area contributed by atoms with E-state index in [9.17, 15) is 9.59 Å². The molecule has 0 unspecified atom stereocenters. The van der Waals surface area contributed by atoms with Crippen molar-refractivity contribution in [3.8, 4) is 0 Å². The number of nitrogens with one attached hydrogen (secondary N) is 1. The van der Waals surface area contributed by atoms with Gasteiger partial charge in [-0.15, -0.1) is 0 Å². The average molecular weight is 536 g/mol. The summed E-state index contributed by atoms with van der Waals surface area (Å²) in [6, 6.07) is -0.0365. The van der Waals surface area contributed by atoms with E-state index in [1.807, 2.05) is 32.9 Å². The molecule has 3 heterocycles. The summed E-state index contributed by atoms with van der Waals surface area (Å²) in [6.07, 6.45) is 10.9. The molecule has 0 aliphatic carbocycles. The van der Waals surface area contributed by atoms with Gasteiger partial charge in [0.15, 0.2) is 0 Å². The second kappa shape index (κ2) is 13.8. The van der Waals surface area contributed by atoms with Gasteiger partial charge in [-0.2, -0.15) is 0 Å². The second-order valence-corrected chi connectivity index (χ2v) is 10.8. The van der Waals surface area contributed by atoms with E-state index in [0.29, 0.717) is 13.0 Å². The first-order valence-corrected chi connectivity index (χ1v) is 13.5. The first-order chi connectivity index (χ1) is 18.1. The molecular formula is C29H45NO8. The number of methoxy groups -OCH3 is 3. The Balaban J connectivity index is 1.54. The summed E-state index contributed by atoms with van der Waals surface area (Å²) in [5, 5.41) is 3.06. The molecular weight excluding hydrogens is 490 g/mol. The number of hydrogen-bond donors (Lipinski definition) is 1. The van der Waals surface area contributed by atoms with Gasteiger partial charge in [-0.3, -0.25) is 9.59 Å². The number of hydrogen-bond acceptors (Lipinski definition) is 8. The quantitative estimate of drug-likeness (QED) is 0.186. The number of amides is 1. The van der Waals surface area contributed by atoms with Gasteiger partial charge in [-0.05, 0) is 39.5 Å². The third-order valence-corrected chi connectivity index (χ3v) is 7.79. The second-order valence-electron chi connectivity index (χ2n) is 10.8. The molecule has 3 aliphatic heterocycles. The van der Waals surface area contributed by atoms with Crippen LogP contribution in [0.4, 0.5) is 0 Å². The van der Waals surface area contributed by atoms with Gasteiger partial charge in [0.25, 0.3) is 0 Å². The van der Waals surface area contributed by atoms with Crippen LogP contribution in [0.3, 0.4) is 0 Å². The van der Waals surface area contributed by atoms with Crippen LogP contribution in [0.25, 0.3) is 0 Å². The van der Waals surface area contributed by atoms with Crippen molar-refractivity contribution >= 4 is 11.9 Å². The lowest BCUT2D eigenvalue weighted by Crippen LogP contribution is -2.51. The highest BCUT2D eigenvalue weighted by molar-refractivity contribution is 5.87. The highest BCUT2D eigenvalue weighted by Crippen LogP contribution is 2.44. The third kappa shape index (κ3) is 8.23. The van der Waals surface area contributed by atoms with E-state index in [1.165, 1.54) is 13.2 Å². The number of epoxide rings is 1. The van der Waals surface area contributed by atoms with Gasteiger partial charge in [0.2, 0.25) is 5.91 Å². The Morgan fingerprint density at radius 3 is 2.53 bits per heavy atom. The average Bonchev–Trinajstić information content (AvgIpc) is 3.65. The zero-order valence-corrected chi connectivity index (χ0v) is 23.8.